The van der Waals surface area contributed by atoms with E-state index in [9.17, 15) is 21.6 Å². The Morgan fingerprint density at radius 1 is 1.09 bits per heavy atom. The predicted octanol–water partition coefficient (Wildman–Crippen LogP) is 6.06. The van der Waals surface area contributed by atoms with Gasteiger partial charge in [-0.3, -0.25) is 4.72 Å². The Bertz CT molecular complexity index is 1250. The van der Waals surface area contributed by atoms with Crippen LogP contribution in [0.2, 0.25) is 0 Å². The van der Waals surface area contributed by atoms with Crippen LogP contribution in [-0.2, 0) is 16.4 Å². The van der Waals surface area contributed by atoms with Crippen LogP contribution in [0.25, 0.3) is 11.5 Å². The molecule has 11 heteroatoms. The van der Waals surface area contributed by atoms with Crippen LogP contribution in [-0.4, -0.2) is 32.1 Å². The third-order valence-electron chi connectivity index (χ3n) is 4.96. The van der Waals surface area contributed by atoms with Crippen molar-refractivity contribution in [2.75, 3.05) is 17.9 Å². The van der Waals surface area contributed by atoms with E-state index in [1.807, 2.05) is 45.0 Å². The number of sulfonamides is 1. The van der Waals surface area contributed by atoms with Gasteiger partial charge in [0.15, 0.2) is 0 Å². The van der Waals surface area contributed by atoms with Gasteiger partial charge in [0.25, 0.3) is 0 Å². The molecule has 190 valence electrons. The molecule has 0 unspecified atom stereocenters. The van der Waals surface area contributed by atoms with Crippen molar-refractivity contribution in [3.63, 3.8) is 0 Å². The van der Waals surface area contributed by atoms with Gasteiger partial charge < -0.3 is 13.9 Å². The van der Waals surface area contributed by atoms with Gasteiger partial charge in [-0.15, -0.1) is 0 Å². The quantitative estimate of drug-likeness (QED) is 0.355. The van der Waals surface area contributed by atoms with Gasteiger partial charge in [-0.1, -0.05) is 31.5 Å². The zero-order valence-corrected chi connectivity index (χ0v) is 20.6. The third-order valence-corrected chi connectivity index (χ3v) is 6.06. The second-order valence-electron chi connectivity index (χ2n) is 8.09. The SMILES string of the molecule is CCOc1cc(OCCc2nc(-c3ccc(C)cc3)oc2C(C)C)ccc1NS(=O)(=O)C(F)(F)F. The molecular formula is C24H27F3N2O5S. The summed E-state index contributed by atoms with van der Waals surface area (Å²) in [5, 5.41) is 0. The lowest BCUT2D eigenvalue weighted by atomic mass is 10.1. The van der Waals surface area contributed by atoms with Gasteiger partial charge in [0.1, 0.15) is 17.3 Å². The molecule has 0 aliphatic rings. The summed E-state index contributed by atoms with van der Waals surface area (Å²) in [7, 11) is -5.58. The highest BCUT2D eigenvalue weighted by Gasteiger charge is 2.46. The van der Waals surface area contributed by atoms with Gasteiger partial charge in [0.05, 0.1) is 24.6 Å². The first-order valence-electron chi connectivity index (χ1n) is 11.0. The predicted molar refractivity (Wildman–Crippen MR) is 126 cm³/mol. The average Bonchev–Trinajstić information content (AvgIpc) is 3.20. The number of anilines is 1. The van der Waals surface area contributed by atoms with E-state index in [0.717, 1.165) is 28.6 Å². The second-order valence-corrected chi connectivity index (χ2v) is 9.77. The van der Waals surface area contributed by atoms with Gasteiger partial charge in [0.2, 0.25) is 5.89 Å². The zero-order chi connectivity index (χ0) is 25.8. The Hall–Kier alpha value is -3.21. The summed E-state index contributed by atoms with van der Waals surface area (Å²) in [6, 6.07) is 11.7. The molecule has 7 nitrogen and oxygen atoms in total. The first-order chi connectivity index (χ1) is 16.4. The standard InChI is InChI=1S/C24H27F3N2O5S/c1-5-32-21-14-18(10-11-19(21)29-35(30,31)24(25,26)27)33-13-12-20-22(15(2)3)34-23(28-20)17-8-6-16(4)7-9-17/h6-11,14-15,29H,5,12-13H2,1-4H3. The number of nitrogens with one attached hydrogen (secondary N) is 1. The fraction of sp³-hybridized carbons (Fsp3) is 0.375. The lowest BCUT2D eigenvalue weighted by molar-refractivity contribution is -0.0429. The van der Waals surface area contributed by atoms with Gasteiger partial charge >= 0.3 is 15.5 Å². The monoisotopic (exact) mass is 512 g/mol. The van der Waals surface area contributed by atoms with Crippen LogP contribution in [0.1, 0.15) is 43.7 Å². The number of rotatable bonds is 10. The highest BCUT2D eigenvalue weighted by Crippen LogP contribution is 2.34. The molecule has 0 aliphatic carbocycles. The maximum atomic E-state index is 12.7. The van der Waals surface area contributed by atoms with Crippen LogP contribution in [0.3, 0.4) is 0 Å². The Kier molecular flexibility index (Phi) is 7.99. The minimum absolute atomic E-state index is 0.0798. The first kappa shape index (κ1) is 26.4. The molecule has 35 heavy (non-hydrogen) atoms. The number of hydrogen-bond acceptors (Lipinski definition) is 6. The van der Waals surface area contributed by atoms with Crippen LogP contribution < -0.4 is 14.2 Å². The summed E-state index contributed by atoms with van der Waals surface area (Å²) >= 11 is 0. The van der Waals surface area contributed by atoms with E-state index >= 15 is 0 Å². The maximum absolute atomic E-state index is 12.7. The molecule has 0 saturated carbocycles. The number of alkyl halides is 3. The maximum Gasteiger partial charge on any atom is 0.516 e. The lowest BCUT2D eigenvalue weighted by Crippen LogP contribution is -2.30. The van der Waals surface area contributed by atoms with E-state index in [4.69, 9.17) is 13.9 Å². The highest BCUT2D eigenvalue weighted by molar-refractivity contribution is 7.93. The van der Waals surface area contributed by atoms with Crippen molar-refractivity contribution in [3.8, 4) is 23.0 Å². The van der Waals surface area contributed by atoms with Crippen LogP contribution >= 0.6 is 0 Å². The Balaban J connectivity index is 1.74. The fourth-order valence-corrected chi connectivity index (χ4v) is 3.81. The van der Waals surface area contributed by atoms with E-state index in [0.29, 0.717) is 18.1 Å². The topological polar surface area (TPSA) is 90.7 Å². The fourth-order valence-electron chi connectivity index (χ4n) is 3.23. The van der Waals surface area contributed by atoms with E-state index < -0.39 is 15.5 Å². The van der Waals surface area contributed by atoms with Crippen molar-refractivity contribution in [1.29, 1.82) is 0 Å². The van der Waals surface area contributed by atoms with E-state index in [1.165, 1.54) is 16.9 Å². The molecule has 0 bridgehead atoms. The molecule has 1 aromatic heterocycles. The van der Waals surface area contributed by atoms with Gasteiger partial charge in [-0.2, -0.15) is 21.6 Å². The number of nitrogens with zero attached hydrogens (tertiary/aromatic N) is 1. The molecule has 3 rings (SSSR count). The summed E-state index contributed by atoms with van der Waals surface area (Å²) in [5.74, 6) is 1.59. The molecule has 1 N–H and O–H groups in total. The van der Waals surface area contributed by atoms with Crippen molar-refractivity contribution < 1.29 is 35.5 Å². The molecular weight excluding hydrogens is 485 g/mol. The van der Waals surface area contributed by atoms with E-state index in [-0.39, 0.29) is 30.6 Å². The van der Waals surface area contributed by atoms with Crippen molar-refractivity contribution in [2.45, 2.75) is 45.5 Å². The van der Waals surface area contributed by atoms with Crippen LogP contribution in [0.5, 0.6) is 11.5 Å². The second kappa shape index (κ2) is 10.6. The molecule has 1 heterocycles. The number of aryl methyl sites for hydroxylation is 1. The normalized spacial score (nSPS) is 12.1. The van der Waals surface area contributed by atoms with Crippen molar-refractivity contribution >= 4 is 15.7 Å². The van der Waals surface area contributed by atoms with Gasteiger partial charge in [-0.25, -0.2) is 4.98 Å². The number of hydrogen-bond donors (Lipinski definition) is 1. The Labute approximate surface area is 202 Å². The number of ether oxygens (including phenoxy) is 2. The zero-order valence-electron chi connectivity index (χ0n) is 19.8. The lowest BCUT2D eigenvalue weighted by Gasteiger charge is -2.15. The molecule has 3 aromatic rings. The molecule has 0 fully saturated rings. The number of halogens is 3. The molecule has 0 atom stereocenters. The molecule has 0 saturated heterocycles. The van der Waals surface area contributed by atoms with Crippen LogP contribution in [0.4, 0.5) is 18.9 Å². The smallest absolute Gasteiger partial charge is 0.493 e. The molecule has 0 amide bonds. The first-order valence-corrected chi connectivity index (χ1v) is 12.4. The highest BCUT2D eigenvalue weighted by atomic mass is 32.2. The summed E-state index contributed by atoms with van der Waals surface area (Å²) < 4.78 is 79.7. The number of aromatic nitrogens is 1. The van der Waals surface area contributed by atoms with E-state index in [1.54, 1.807) is 6.92 Å². The average molecular weight is 513 g/mol. The Morgan fingerprint density at radius 3 is 2.37 bits per heavy atom. The largest absolute Gasteiger partial charge is 0.516 e. The minimum atomic E-state index is -5.58. The summed E-state index contributed by atoms with van der Waals surface area (Å²) in [6.07, 6.45) is 0.426. The van der Waals surface area contributed by atoms with Crippen molar-refractivity contribution in [1.82, 2.24) is 4.98 Å². The summed E-state index contributed by atoms with van der Waals surface area (Å²) in [5.41, 5.74) is -3.05. The molecule has 2 aromatic carbocycles. The van der Waals surface area contributed by atoms with Gasteiger partial charge in [0, 0.05) is 24.0 Å². The number of benzene rings is 2. The Morgan fingerprint density at radius 2 is 1.77 bits per heavy atom. The van der Waals surface area contributed by atoms with Crippen LogP contribution in [0.15, 0.2) is 46.9 Å². The minimum Gasteiger partial charge on any atom is -0.493 e. The van der Waals surface area contributed by atoms with E-state index in [2.05, 4.69) is 4.98 Å². The van der Waals surface area contributed by atoms with Gasteiger partial charge in [-0.05, 0) is 38.1 Å². The molecule has 0 radical (unpaired) electrons. The van der Waals surface area contributed by atoms with Crippen LogP contribution in [0, 0.1) is 6.92 Å². The molecule has 0 spiro atoms. The third kappa shape index (κ3) is 6.47. The number of oxazole rings is 1. The van der Waals surface area contributed by atoms with Crippen molar-refractivity contribution in [2.24, 2.45) is 0 Å². The summed E-state index contributed by atoms with van der Waals surface area (Å²) in [4.78, 5) is 4.63. The van der Waals surface area contributed by atoms with Crippen molar-refractivity contribution in [3.05, 3.63) is 59.5 Å². The summed E-state index contributed by atoms with van der Waals surface area (Å²) in [6.45, 7) is 7.94. The molecule has 0 aliphatic heterocycles.